The molecule has 1 atom stereocenters. The molecule has 0 heterocycles. The van der Waals surface area contributed by atoms with Gasteiger partial charge in [0.2, 0.25) is 0 Å². The van der Waals surface area contributed by atoms with Crippen molar-refractivity contribution < 1.29 is 0 Å². The fourth-order valence-electron chi connectivity index (χ4n) is 2.47. The maximum absolute atomic E-state index is 3.68. The lowest BCUT2D eigenvalue weighted by Crippen LogP contribution is -2.27. The minimum absolute atomic E-state index is 0.790. The number of benzene rings is 1. The van der Waals surface area contributed by atoms with Gasteiger partial charge in [0.15, 0.2) is 0 Å². The summed E-state index contributed by atoms with van der Waals surface area (Å²) in [4.78, 5) is 0. The second kappa shape index (κ2) is 6.20. The largest absolute Gasteiger partial charge is 0.314 e. The van der Waals surface area contributed by atoms with Crippen molar-refractivity contribution in [2.45, 2.75) is 45.6 Å². The minimum atomic E-state index is 0.790. The molecule has 0 spiro atoms. The molecular formula is C16H25N. The van der Waals surface area contributed by atoms with Gasteiger partial charge in [-0.1, -0.05) is 44.2 Å². The van der Waals surface area contributed by atoms with E-state index in [0.29, 0.717) is 0 Å². The lowest BCUT2D eigenvalue weighted by Gasteiger charge is -2.19. The van der Waals surface area contributed by atoms with E-state index in [1.54, 1.807) is 0 Å². The fraction of sp³-hybridized carbons (Fsp3) is 0.625. The van der Waals surface area contributed by atoms with Crippen LogP contribution in [0.25, 0.3) is 0 Å². The van der Waals surface area contributed by atoms with Crippen LogP contribution in [0.5, 0.6) is 0 Å². The van der Waals surface area contributed by atoms with Gasteiger partial charge in [0.05, 0.1) is 0 Å². The Labute approximate surface area is 106 Å². The predicted molar refractivity (Wildman–Crippen MR) is 74.1 cm³/mol. The van der Waals surface area contributed by atoms with Gasteiger partial charge in [0.1, 0.15) is 0 Å². The molecule has 2 rings (SSSR count). The molecule has 1 saturated carbocycles. The summed E-state index contributed by atoms with van der Waals surface area (Å²) in [5, 5.41) is 3.68. The van der Waals surface area contributed by atoms with Crippen LogP contribution in [0.4, 0.5) is 0 Å². The fourth-order valence-corrected chi connectivity index (χ4v) is 2.47. The Balaban J connectivity index is 1.84. The van der Waals surface area contributed by atoms with Crippen LogP contribution < -0.4 is 5.32 Å². The molecule has 1 nitrogen and oxygen atoms in total. The zero-order valence-corrected chi connectivity index (χ0v) is 11.2. The van der Waals surface area contributed by atoms with Crippen molar-refractivity contribution in [1.82, 2.24) is 5.32 Å². The molecule has 1 aromatic rings. The van der Waals surface area contributed by atoms with Crippen molar-refractivity contribution >= 4 is 0 Å². The van der Waals surface area contributed by atoms with E-state index in [9.17, 15) is 0 Å². The minimum Gasteiger partial charge on any atom is -0.314 e. The molecule has 1 aromatic carbocycles. The summed E-state index contributed by atoms with van der Waals surface area (Å²) >= 11 is 0. The Morgan fingerprint density at radius 3 is 2.47 bits per heavy atom. The summed E-state index contributed by atoms with van der Waals surface area (Å²) in [7, 11) is 0. The van der Waals surface area contributed by atoms with Crippen molar-refractivity contribution in [3.05, 3.63) is 35.9 Å². The lowest BCUT2D eigenvalue weighted by atomic mass is 9.91. The second-order valence-electron chi connectivity index (χ2n) is 5.87. The summed E-state index contributed by atoms with van der Waals surface area (Å²) in [5.74, 6) is 1.59. The van der Waals surface area contributed by atoms with Crippen LogP contribution in [-0.4, -0.2) is 12.6 Å². The highest BCUT2D eigenvalue weighted by Crippen LogP contribution is 2.21. The standard InChI is InChI=1S/C16H25N/c1-13(2)10-15(12-17-16-8-9-16)11-14-6-4-3-5-7-14/h3-7,13,15-17H,8-12H2,1-2H3. The first-order chi connectivity index (χ1) is 8.24. The van der Waals surface area contributed by atoms with Crippen LogP contribution in [-0.2, 0) is 6.42 Å². The summed E-state index contributed by atoms with van der Waals surface area (Å²) in [6.45, 7) is 5.85. The molecule has 0 aromatic heterocycles. The third-order valence-corrected chi connectivity index (χ3v) is 3.44. The van der Waals surface area contributed by atoms with Crippen LogP contribution in [0.15, 0.2) is 30.3 Å². The normalized spacial score (nSPS) is 17.4. The molecule has 1 unspecified atom stereocenters. The lowest BCUT2D eigenvalue weighted by molar-refractivity contribution is 0.384. The molecule has 0 bridgehead atoms. The predicted octanol–water partition coefficient (Wildman–Crippen LogP) is 3.64. The van der Waals surface area contributed by atoms with Gasteiger partial charge in [0, 0.05) is 6.04 Å². The average Bonchev–Trinajstić information content (AvgIpc) is 3.10. The first-order valence-electron chi connectivity index (χ1n) is 7.01. The van der Waals surface area contributed by atoms with Gasteiger partial charge in [-0.2, -0.15) is 0 Å². The summed E-state index contributed by atoms with van der Waals surface area (Å²) in [5.41, 5.74) is 1.48. The maximum atomic E-state index is 3.68. The molecule has 1 aliphatic carbocycles. The summed E-state index contributed by atoms with van der Waals surface area (Å²) < 4.78 is 0. The van der Waals surface area contributed by atoms with Crippen LogP contribution in [0.1, 0.15) is 38.7 Å². The van der Waals surface area contributed by atoms with Gasteiger partial charge in [0.25, 0.3) is 0 Å². The Morgan fingerprint density at radius 2 is 1.88 bits per heavy atom. The second-order valence-corrected chi connectivity index (χ2v) is 5.87. The van der Waals surface area contributed by atoms with Gasteiger partial charge >= 0.3 is 0 Å². The van der Waals surface area contributed by atoms with E-state index in [0.717, 1.165) is 17.9 Å². The molecule has 0 saturated heterocycles. The van der Waals surface area contributed by atoms with Crippen molar-refractivity contribution in [3.8, 4) is 0 Å². The number of hydrogen-bond acceptors (Lipinski definition) is 1. The van der Waals surface area contributed by atoms with E-state index in [-0.39, 0.29) is 0 Å². The zero-order valence-electron chi connectivity index (χ0n) is 11.2. The van der Waals surface area contributed by atoms with E-state index < -0.39 is 0 Å². The van der Waals surface area contributed by atoms with Crippen LogP contribution in [0.2, 0.25) is 0 Å². The van der Waals surface area contributed by atoms with Crippen LogP contribution in [0, 0.1) is 11.8 Å². The first-order valence-corrected chi connectivity index (χ1v) is 7.01. The molecule has 0 amide bonds. The smallest absolute Gasteiger partial charge is 0.00683 e. The molecule has 1 heteroatoms. The Hall–Kier alpha value is -0.820. The summed E-state index contributed by atoms with van der Waals surface area (Å²) in [6, 6.07) is 11.7. The van der Waals surface area contributed by atoms with Crippen molar-refractivity contribution in [1.29, 1.82) is 0 Å². The van der Waals surface area contributed by atoms with Crippen LogP contribution in [0.3, 0.4) is 0 Å². The van der Waals surface area contributed by atoms with Crippen molar-refractivity contribution in [2.75, 3.05) is 6.54 Å². The Kier molecular flexibility index (Phi) is 4.61. The van der Waals surface area contributed by atoms with E-state index >= 15 is 0 Å². The zero-order chi connectivity index (χ0) is 12.1. The Bertz CT molecular complexity index is 314. The highest BCUT2D eigenvalue weighted by molar-refractivity contribution is 5.15. The van der Waals surface area contributed by atoms with E-state index in [1.165, 1.54) is 37.8 Å². The molecule has 94 valence electrons. The third-order valence-electron chi connectivity index (χ3n) is 3.44. The maximum Gasteiger partial charge on any atom is 0.00683 e. The van der Waals surface area contributed by atoms with Gasteiger partial charge in [-0.3, -0.25) is 0 Å². The van der Waals surface area contributed by atoms with Gasteiger partial charge < -0.3 is 5.32 Å². The quantitative estimate of drug-likeness (QED) is 0.755. The van der Waals surface area contributed by atoms with E-state index in [1.807, 2.05) is 0 Å². The van der Waals surface area contributed by atoms with Gasteiger partial charge in [-0.05, 0) is 49.6 Å². The molecule has 1 N–H and O–H groups in total. The van der Waals surface area contributed by atoms with Crippen molar-refractivity contribution in [2.24, 2.45) is 11.8 Å². The van der Waals surface area contributed by atoms with Crippen LogP contribution >= 0.6 is 0 Å². The third kappa shape index (κ3) is 4.91. The highest BCUT2D eigenvalue weighted by atomic mass is 14.9. The number of nitrogens with one attached hydrogen (secondary N) is 1. The molecular weight excluding hydrogens is 206 g/mol. The van der Waals surface area contributed by atoms with Gasteiger partial charge in [-0.15, -0.1) is 0 Å². The monoisotopic (exact) mass is 231 g/mol. The number of hydrogen-bond donors (Lipinski definition) is 1. The average molecular weight is 231 g/mol. The molecule has 17 heavy (non-hydrogen) atoms. The summed E-state index contributed by atoms with van der Waals surface area (Å²) in [6.07, 6.45) is 5.33. The first kappa shape index (κ1) is 12.6. The molecule has 1 aliphatic rings. The Morgan fingerprint density at radius 1 is 1.18 bits per heavy atom. The molecule has 0 radical (unpaired) electrons. The van der Waals surface area contributed by atoms with Gasteiger partial charge in [-0.25, -0.2) is 0 Å². The number of rotatable bonds is 7. The molecule has 1 fully saturated rings. The topological polar surface area (TPSA) is 12.0 Å². The molecule has 0 aliphatic heterocycles. The highest BCUT2D eigenvalue weighted by Gasteiger charge is 2.22. The van der Waals surface area contributed by atoms with E-state index in [4.69, 9.17) is 0 Å². The van der Waals surface area contributed by atoms with Crippen molar-refractivity contribution in [3.63, 3.8) is 0 Å². The SMILES string of the molecule is CC(C)CC(CNC1CC1)Cc1ccccc1. The van der Waals surface area contributed by atoms with E-state index in [2.05, 4.69) is 49.5 Å².